The number of hydrogen-bond donors (Lipinski definition) is 0. The molecule has 0 heterocycles. The Morgan fingerprint density at radius 2 is 1.82 bits per heavy atom. The largest absolute Gasteiger partial charge is 0.207 e. The number of halogens is 3. The molecule has 0 unspecified atom stereocenters. The summed E-state index contributed by atoms with van der Waals surface area (Å²) >= 11 is 5.46. The Morgan fingerprint density at radius 1 is 1.27 bits per heavy atom. The van der Waals surface area contributed by atoms with E-state index in [-0.39, 0.29) is 4.47 Å². The molecule has 0 nitrogen and oxygen atoms in total. The predicted molar refractivity (Wildman–Crippen MR) is 45.7 cm³/mol. The van der Waals surface area contributed by atoms with Crippen molar-refractivity contribution in [1.82, 2.24) is 0 Å². The molecule has 0 saturated heterocycles. The van der Waals surface area contributed by atoms with E-state index < -0.39 is 11.6 Å². The van der Waals surface area contributed by atoms with E-state index in [1.165, 1.54) is 0 Å². The molecular formula is C7H6BrF2Se. The van der Waals surface area contributed by atoms with E-state index in [9.17, 15) is 8.78 Å². The van der Waals surface area contributed by atoms with Crippen LogP contribution in [0.25, 0.3) is 0 Å². The first kappa shape index (κ1) is 11.1. The van der Waals surface area contributed by atoms with Gasteiger partial charge in [-0.25, -0.2) is 8.78 Å². The van der Waals surface area contributed by atoms with Gasteiger partial charge in [-0.2, -0.15) is 0 Å². The Bertz CT molecular complexity index is 228. The molecule has 1 radical (unpaired) electrons. The van der Waals surface area contributed by atoms with Crippen molar-refractivity contribution in [2.45, 2.75) is 5.82 Å². The first-order chi connectivity index (χ1) is 5.20. The van der Waals surface area contributed by atoms with Crippen LogP contribution in [0.1, 0.15) is 0 Å². The third-order valence-electron chi connectivity index (χ3n) is 0.882. The maximum atomic E-state index is 12.3. The zero-order valence-electron chi connectivity index (χ0n) is 5.77. The molecule has 0 spiro atoms. The Morgan fingerprint density at radius 3 is 2.18 bits per heavy atom. The topological polar surface area (TPSA) is 0 Å². The molecule has 0 aromatic heterocycles. The van der Waals surface area contributed by atoms with Gasteiger partial charge in [-0.15, -0.1) is 0 Å². The van der Waals surface area contributed by atoms with E-state index in [2.05, 4.69) is 31.9 Å². The molecule has 1 aromatic carbocycles. The van der Waals surface area contributed by atoms with Crippen LogP contribution in [0.2, 0.25) is 5.82 Å². The average molecular weight is 287 g/mol. The summed E-state index contributed by atoms with van der Waals surface area (Å²) < 4.78 is 24.6. The standard InChI is InChI=1S/C6H3BrF2.CH3Se/c7-5-3-4(8)1-2-6(5)9;1-2/h1-3H;1H3. The molecule has 0 bridgehead atoms. The van der Waals surface area contributed by atoms with Crippen LogP contribution in [0.3, 0.4) is 0 Å². The van der Waals surface area contributed by atoms with Gasteiger partial charge in [0.1, 0.15) is 11.6 Å². The molecule has 0 aliphatic rings. The molecular weight excluding hydrogens is 281 g/mol. The van der Waals surface area contributed by atoms with Crippen LogP contribution < -0.4 is 0 Å². The zero-order chi connectivity index (χ0) is 8.85. The summed E-state index contributed by atoms with van der Waals surface area (Å²) in [6, 6.07) is 3.22. The molecule has 0 fully saturated rings. The maximum absolute atomic E-state index is 12.3. The summed E-state index contributed by atoms with van der Waals surface area (Å²) in [7, 11) is 0. The van der Waals surface area contributed by atoms with Crippen LogP contribution in [-0.2, 0) is 0 Å². The van der Waals surface area contributed by atoms with E-state index in [0.717, 1.165) is 18.2 Å². The van der Waals surface area contributed by atoms with E-state index in [4.69, 9.17) is 0 Å². The Hall–Kier alpha value is 0.0795. The second kappa shape index (κ2) is 5.69. The van der Waals surface area contributed by atoms with Crippen molar-refractivity contribution in [3.63, 3.8) is 0 Å². The third kappa shape index (κ3) is 3.85. The minimum absolute atomic E-state index is 0.155. The van der Waals surface area contributed by atoms with Gasteiger partial charge in [0.05, 0.1) is 4.47 Å². The van der Waals surface area contributed by atoms with Crippen molar-refractivity contribution in [3.8, 4) is 0 Å². The van der Waals surface area contributed by atoms with Crippen LogP contribution in [0.5, 0.6) is 0 Å². The number of rotatable bonds is 0. The van der Waals surface area contributed by atoms with Gasteiger partial charge in [-0.1, -0.05) is 0 Å². The van der Waals surface area contributed by atoms with Crippen LogP contribution in [0.4, 0.5) is 8.78 Å². The second-order valence-corrected chi connectivity index (χ2v) is 2.41. The summed E-state index contributed by atoms with van der Waals surface area (Å²) in [5.41, 5.74) is 0. The zero-order valence-corrected chi connectivity index (χ0v) is 9.07. The molecule has 0 aliphatic carbocycles. The van der Waals surface area contributed by atoms with Gasteiger partial charge in [-0.3, -0.25) is 0 Å². The Labute approximate surface area is 80.9 Å². The van der Waals surface area contributed by atoms with Crippen LogP contribution in [0, 0.1) is 11.6 Å². The van der Waals surface area contributed by atoms with E-state index in [1.54, 1.807) is 0 Å². The minimum Gasteiger partial charge on any atom is -0.207 e. The molecule has 11 heavy (non-hydrogen) atoms. The van der Waals surface area contributed by atoms with E-state index in [1.807, 2.05) is 5.82 Å². The summed E-state index contributed by atoms with van der Waals surface area (Å²) in [6.07, 6.45) is 0. The minimum atomic E-state index is -0.448. The van der Waals surface area contributed by atoms with Crippen molar-refractivity contribution >= 4 is 31.9 Å². The molecule has 61 valence electrons. The first-order valence-electron chi connectivity index (χ1n) is 2.71. The van der Waals surface area contributed by atoms with Gasteiger partial charge in [-0.05, 0) is 34.1 Å². The molecule has 0 N–H and O–H groups in total. The van der Waals surface area contributed by atoms with Gasteiger partial charge in [0.2, 0.25) is 0 Å². The summed E-state index contributed by atoms with van der Waals surface area (Å²) in [5, 5.41) is 0. The van der Waals surface area contributed by atoms with Gasteiger partial charge in [0.25, 0.3) is 0 Å². The molecule has 0 saturated carbocycles. The third-order valence-corrected chi connectivity index (χ3v) is 1.49. The molecule has 1 aromatic rings. The normalized spacial score (nSPS) is 8.45. The first-order valence-corrected chi connectivity index (χ1v) is 5.22. The van der Waals surface area contributed by atoms with E-state index >= 15 is 0 Å². The summed E-state index contributed by atoms with van der Waals surface area (Å²) in [5.74, 6) is 0.986. The predicted octanol–water partition coefficient (Wildman–Crippen LogP) is 2.93. The van der Waals surface area contributed by atoms with Crippen LogP contribution >= 0.6 is 15.9 Å². The molecule has 0 atom stereocenters. The Balaban J connectivity index is 0.000000461. The van der Waals surface area contributed by atoms with Crippen LogP contribution in [-0.4, -0.2) is 16.0 Å². The number of benzene rings is 1. The molecule has 4 heteroatoms. The van der Waals surface area contributed by atoms with Gasteiger partial charge in [0, 0.05) is 0 Å². The van der Waals surface area contributed by atoms with Crippen molar-refractivity contribution in [1.29, 1.82) is 0 Å². The van der Waals surface area contributed by atoms with Crippen molar-refractivity contribution in [2.24, 2.45) is 0 Å². The van der Waals surface area contributed by atoms with Crippen molar-refractivity contribution in [2.75, 3.05) is 0 Å². The quantitative estimate of drug-likeness (QED) is 0.508. The molecule has 1 rings (SSSR count). The van der Waals surface area contributed by atoms with Gasteiger partial charge in [0.15, 0.2) is 0 Å². The summed E-state index contributed by atoms with van der Waals surface area (Å²) in [6.45, 7) is 0. The Kier molecular flexibility index (Phi) is 5.74. The number of hydrogen-bond acceptors (Lipinski definition) is 0. The fourth-order valence-electron chi connectivity index (χ4n) is 0.470. The molecule has 0 amide bonds. The SMILES string of the molecule is C[Se].Fc1ccc(F)c(Br)c1. The van der Waals surface area contributed by atoms with Crippen molar-refractivity contribution in [3.05, 3.63) is 34.3 Å². The van der Waals surface area contributed by atoms with Gasteiger partial charge >= 0.3 is 21.8 Å². The van der Waals surface area contributed by atoms with Gasteiger partial charge < -0.3 is 0 Å². The smallest absolute Gasteiger partial charge is 0.137 e. The fourth-order valence-corrected chi connectivity index (χ4v) is 0.821. The molecule has 0 aliphatic heterocycles. The van der Waals surface area contributed by atoms with E-state index in [0.29, 0.717) is 0 Å². The average Bonchev–Trinajstić information content (AvgIpc) is 2.02. The monoisotopic (exact) mass is 287 g/mol. The summed E-state index contributed by atoms with van der Waals surface area (Å²) in [4.78, 5) is 0. The fraction of sp³-hybridized carbons (Fsp3) is 0.143. The van der Waals surface area contributed by atoms with Crippen molar-refractivity contribution < 1.29 is 8.78 Å². The van der Waals surface area contributed by atoms with Crippen LogP contribution in [0.15, 0.2) is 22.7 Å². The second-order valence-electron chi connectivity index (χ2n) is 1.56. The maximum Gasteiger partial charge on any atom is 0.137 e.